The van der Waals surface area contributed by atoms with E-state index in [0.29, 0.717) is 23.8 Å². The van der Waals surface area contributed by atoms with Gasteiger partial charge in [0.25, 0.3) is 0 Å². The van der Waals surface area contributed by atoms with Crippen molar-refractivity contribution < 1.29 is 22.3 Å². The van der Waals surface area contributed by atoms with E-state index in [1.54, 1.807) is 24.3 Å². The van der Waals surface area contributed by atoms with Gasteiger partial charge in [0.15, 0.2) is 12.6 Å². The molecular formula is C14H12N2O5S. The zero-order valence-electron chi connectivity index (χ0n) is 11.2. The van der Waals surface area contributed by atoms with Crippen molar-refractivity contribution in [3.05, 3.63) is 59.7 Å². The summed E-state index contributed by atoms with van der Waals surface area (Å²) < 4.78 is 28.6. The molecule has 0 bridgehead atoms. The molecule has 0 heterocycles. The van der Waals surface area contributed by atoms with Crippen molar-refractivity contribution in [2.75, 3.05) is 5.43 Å². The average Bonchev–Trinajstić information content (AvgIpc) is 2.55. The van der Waals surface area contributed by atoms with Crippen molar-refractivity contribution in [2.24, 2.45) is 0 Å². The van der Waals surface area contributed by atoms with Crippen LogP contribution in [0.25, 0.3) is 0 Å². The van der Waals surface area contributed by atoms with E-state index in [1.165, 1.54) is 24.3 Å². The van der Waals surface area contributed by atoms with Crippen molar-refractivity contribution in [3.63, 3.8) is 0 Å². The Hall–Kier alpha value is -2.55. The van der Waals surface area contributed by atoms with Gasteiger partial charge < -0.3 is 0 Å². The van der Waals surface area contributed by atoms with E-state index in [4.69, 9.17) is 0 Å². The Labute approximate surface area is 127 Å². The second kappa shape index (κ2) is 6.94. The molecule has 0 aromatic heterocycles. The maximum absolute atomic E-state index is 12.0. The minimum atomic E-state index is -4.19. The topological polar surface area (TPSA) is 102 Å². The number of aldehydes is 2. The van der Waals surface area contributed by atoms with Gasteiger partial charge in [-0.15, -0.1) is 0 Å². The maximum Gasteiger partial charge on any atom is 0.315 e. The zero-order valence-corrected chi connectivity index (χ0v) is 12.0. The predicted molar refractivity (Wildman–Crippen MR) is 78.7 cm³/mol. The van der Waals surface area contributed by atoms with Crippen molar-refractivity contribution in [3.8, 4) is 0 Å². The molecule has 22 heavy (non-hydrogen) atoms. The number of hydrogen-bond donors (Lipinski definition) is 2. The first-order chi connectivity index (χ1) is 10.6. The van der Waals surface area contributed by atoms with Gasteiger partial charge in [-0.05, 0) is 18.2 Å². The molecule has 0 saturated carbocycles. The number of nitrogens with one attached hydrogen (secondary N) is 2. The molecule has 0 amide bonds. The van der Waals surface area contributed by atoms with Crippen LogP contribution in [0.4, 0.5) is 5.69 Å². The molecule has 8 heteroatoms. The number of carbonyl (C=O) groups excluding carboxylic acids is 2. The molecule has 0 radical (unpaired) electrons. The number of para-hydroxylation sites is 1. The van der Waals surface area contributed by atoms with Crippen LogP contribution in [0.2, 0.25) is 0 Å². The van der Waals surface area contributed by atoms with Crippen LogP contribution >= 0.6 is 0 Å². The van der Waals surface area contributed by atoms with E-state index in [-0.39, 0.29) is 10.5 Å². The van der Waals surface area contributed by atoms with E-state index >= 15 is 0 Å². The van der Waals surface area contributed by atoms with Crippen LogP contribution in [0.3, 0.4) is 0 Å². The Morgan fingerprint density at radius 1 is 0.864 bits per heavy atom. The van der Waals surface area contributed by atoms with Gasteiger partial charge in [0.1, 0.15) is 4.90 Å². The quantitative estimate of drug-likeness (QED) is 0.589. The SMILES string of the molecule is O=Cc1ccccc1NNOS(=O)(=O)c1ccccc1C=O. The smallest absolute Gasteiger partial charge is 0.298 e. The summed E-state index contributed by atoms with van der Waals surface area (Å²) in [7, 11) is -4.19. The van der Waals surface area contributed by atoms with E-state index in [1.807, 2.05) is 0 Å². The third kappa shape index (κ3) is 3.55. The van der Waals surface area contributed by atoms with Crippen LogP contribution in [0.15, 0.2) is 53.4 Å². The number of carbonyl (C=O) groups is 2. The van der Waals surface area contributed by atoms with Crippen molar-refractivity contribution in [2.45, 2.75) is 4.90 Å². The molecule has 0 aliphatic rings. The third-order valence-corrected chi connectivity index (χ3v) is 3.95. The Morgan fingerprint density at radius 3 is 2.14 bits per heavy atom. The Balaban J connectivity index is 2.10. The normalized spacial score (nSPS) is 10.9. The molecule has 0 fully saturated rings. The van der Waals surface area contributed by atoms with Crippen LogP contribution in [-0.4, -0.2) is 21.0 Å². The predicted octanol–water partition coefficient (Wildman–Crippen LogP) is 1.55. The molecule has 2 rings (SSSR count). The lowest BCUT2D eigenvalue weighted by molar-refractivity contribution is 0.111. The highest BCUT2D eigenvalue weighted by molar-refractivity contribution is 7.86. The van der Waals surface area contributed by atoms with E-state index in [2.05, 4.69) is 15.3 Å². The van der Waals surface area contributed by atoms with Gasteiger partial charge in [-0.2, -0.15) is 12.7 Å². The Kier molecular flexibility index (Phi) is 4.99. The lowest BCUT2D eigenvalue weighted by Gasteiger charge is -2.11. The van der Waals surface area contributed by atoms with Crippen LogP contribution in [-0.2, 0) is 14.4 Å². The second-order valence-electron chi connectivity index (χ2n) is 4.13. The summed E-state index contributed by atoms with van der Waals surface area (Å²) in [4.78, 5) is 21.4. The summed E-state index contributed by atoms with van der Waals surface area (Å²) in [6, 6.07) is 12.0. The molecule has 0 aliphatic carbocycles. The highest BCUT2D eigenvalue weighted by Gasteiger charge is 2.19. The van der Waals surface area contributed by atoms with Gasteiger partial charge in [0, 0.05) is 11.1 Å². The van der Waals surface area contributed by atoms with E-state index in [0.717, 1.165) is 0 Å². The summed E-state index contributed by atoms with van der Waals surface area (Å²) in [5, 5.41) is 0. The van der Waals surface area contributed by atoms with Crippen molar-refractivity contribution in [1.82, 2.24) is 5.59 Å². The fourth-order valence-corrected chi connectivity index (χ4v) is 2.59. The highest BCUT2D eigenvalue weighted by Crippen LogP contribution is 2.16. The standard InChI is InChI=1S/C14H12N2O5S/c17-9-11-5-1-3-7-13(11)15-16-21-22(19,20)14-8-4-2-6-12(14)10-18/h1-10,15-16H. The molecule has 0 saturated heterocycles. The molecule has 0 atom stereocenters. The minimum absolute atomic E-state index is 0.0161. The monoisotopic (exact) mass is 320 g/mol. The molecule has 2 aromatic carbocycles. The van der Waals surface area contributed by atoms with Gasteiger partial charge in [0.2, 0.25) is 0 Å². The Morgan fingerprint density at radius 2 is 1.45 bits per heavy atom. The van der Waals surface area contributed by atoms with Crippen LogP contribution in [0.5, 0.6) is 0 Å². The van der Waals surface area contributed by atoms with E-state index in [9.17, 15) is 18.0 Å². The van der Waals surface area contributed by atoms with Crippen LogP contribution in [0, 0.1) is 0 Å². The molecule has 114 valence electrons. The Bertz CT molecular complexity index is 789. The molecule has 0 aliphatic heterocycles. The van der Waals surface area contributed by atoms with Gasteiger partial charge >= 0.3 is 10.1 Å². The molecule has 0 spiro atoms. The fourth-order valence-electron chi connectivity index (χ4n) is 1.69. The van der Waals surface area contributed by atoms with Gasteiger partial charge in [-0.3, -0.25) is 15.0 Å². The number of anilines is 1. The summed E-state index contributed by atoms with van der Waals surface area (Å²) in [5.74, 6) is 0. The number of benzene rings is 2. The molecular weight excluding hydrogens is 308 g/mol. The number of hydrazine groups is 1. The van der Waals surface area contributed by atoms with Crippen LogP contribution in [0.1, 0.15) is 20.7 Å². The first-order valence-electron chi connectivity index (χ1n) is 6.11. The molecule has 2 N–H and O–H groups in total. The van der Waals surface area contributed by atoms with Gasteiger partial charge in [-0.25, -0.2) is 0 Å². The van der Waals surface area contributed by atoms with Crippen LogP contribution < -0.4 is 11.0 Å². The zero-order chi connectivity index (χ0) is 16.0. The average molecular weight is 320 g/mol. The number of rotatable bonds is 7. The lowest BCUT2D eigenvalue weighted by atomic mass is 10.2. The summed E-state index contributed by atoms with van der Waals surface area (Å²) >= 11 is 0. The first kappa shape index (κ1) is 15.8. The molecule has 2 aromatic rings. The maximum atomic E-state index is 12.0. The summed E-state index contributed by atoms with van der Waals surface area (Å²) in [6.07, 6.45) is 1.03. The minimum Gasteiger partial charge on any atom is -0.298 e. The fraction of sp³-hybridized carbons (Fsp3) is 0. The third-order valence-electron chi connectivity index (χ3n) is 2.74. The largest absolute Gasteiger partial charge is 0.315 e. The van der Waals surface area contributed by atoms with E-state index < -0.39 is 10.1 Å². The van der Waals surface area contributed by atoms with Crippen molar-refractivity contribution in [1.29, 1.82) is 0 Å². The lowest BCUT2D eigenvalue weighted by Crippen LogP contribution is -2.27. The summed E-state index contributed by atoms with van der Waals surface area (Å²) in [6.45, 7) is 0. The van der Waals surface area contributed by atoms with Crippen molar-refractivity contribution >= 4 is 28.4 Å². The first-order valence-corrected chi connectivity index (χ1v) is 7.52. The second-order valence-corrected chi connectivity index (χ2v) is 5.64. The summed E-state index contributed by atoms with van der Waals surface area (Å²) in [5.41, 5.74) is 5.16. The van der Waals surface area contributed by atoms with Gasteiger partial charge in [-0.1, -0.05) is 35.9 Å². The van der Waals surface area contributed by atoms with Gasteiger partial charge in [0.05, 0.1) is 5.69 Å². The molecule has 7 nitrogen and oxygen atoms in total. The highest BCUT2D eigenvalue weighted by atomic mass is 32.2. The number of hydrogen-bond acceptors (Lipinski definition) is 7. The molecule has 0 unspecified atom stereocenters.